The molecule has 0 aliphatic rings. The third kappa shape index (κ3) is 2.77. The van der Waals surface area contributed by atoms with Crippen LogP contribution in [0.3, 0.4) is 0 Å². The van der Waals surface area contributed by atoms with Crippen molar-refractivity contribution in [3.63, 3.8) is 0 Å². The summed E-state index contributed by atoms with van der Waals surface area (Å²) in [6.45, 7) is 8.25. The number of rotatable bonds is 3. The highest BCUT2D eigenvalue weighted by Gasteiger charge is 2.09. The molecule has 21 heavy (non-hydrogen) atoms. The highest BCUT2D eigenvalue weighted by Crippen LogP contribution is 2.26. The van der Waals surface area contributed by atoms with E-state index < -0.39 is 0 Å². The van der Waals surface area contributed by atoms with Gasteiger partial charge in [0.25, 0.3) is 0 Å². The second-order valence-electron chi connectivity index (χ2n) is 5.76. The minimum Gasteiger partial charge on any atom is -0.491 e. The van der Waals surface area contributed by atoms with Gasteiger partial charge < -0.3 is 9.72 Å². The number of nitrogens with zero attached hydrogens (tertiary/aromatic N) is 1. The van der Waals surface area contributed by atoms with Gasteiger partial charge in [-0.15, -0.1) is 0 Å². The molecule has 0 fully saturated rings. The Hall–Kier alpha value is -2.29. The van der Waals surface area contributed by atoms with Crippen molar-refractivity contribution < 1.29 is 4.74 Å². The van der Waals surface area contributed by atoms with Gasteiger partial charge in [-0.2, -0.15) is 0 Å². The van der Waals surface area contributed by atoms with E-state index in [1.165, 1.54) is 11.1 Å². The molecule has 0 unspecified atom stereocenters. The van der Waals surface area contributed by atoms with Crippen molar-refractivity contribution in [1.29, 1.82) is 0 Å². The van der Waals surface area contributed by atoms with E-state index >= 15 is 0 Å². The predicted molar refractivity (Wildman–Crippen MR) is 86.8 cm³/mol. The molecule has 3 rings (SSSR count). The summed E-state index contributed by atoms with van der Waals surface area (Å²) in [6, 6.07) is 12.3. The van der Waals surface area contributed by atoms with E-state index in [4.69, 9.17) is 9.72 Å². The zero-order valence-corrected chi connectivity index (χ0v) is 12.9. The van der Waals surface area contributed by atoms with E-state index in [1.54, 1.807) is 0 Å². The first kappa shape index (κ1) is 13.7. The number of aryl methyl sites for hydroxylation is 2. The third-order valence-electron chi connectivity index (χ3n) is 3.40. The number of benzene rings is 2. The van der Waals surface area contributed by atoms with Crippen molar-refractivity contribution in [3.8, 4) is 17.1 Å². The standard InChI is InChI=1S/C18H20N2O/c1-11(2)21-15-7-5-6-14(10-15)18-19-16-9-12(3)8-13(4)17(16)20-18/h5-11H,1-4H3,(H,19,20). The largest absolute Gasteiger partial charge is 0.491 e. The molecule has 0 bridgehead atoms. The van der Waals surface area contributed by atoms with Gasteiger partial charge in [-0.25, -0.2) is 4.98 Å². The van der Waals surface area contributed by atoms with Crippen LogP contribution in [0.1, 0.15) is 25.0 Å². The van der Waals surface area contributed by atoms with Crippen LogP contribution in [-0.4, -0.2) is 16.1 Å². The van der Waals surface area contributed by atoms with Crippen LogP contribution in [-0.2, 0) is 0 Å². The number of fused-ring (bicyclic) bond motifs is 1. The molecule has 1 heterocycles. The van der Waals surface area contributed by atoms with Crippen LogP contribution < -0.4 is 4.74 Å². The van der Waals surface area contributed by atoms with E-state index in [0.717, 1.165) is 28.2 Å². The van der Waals surface area contributed by atoms with Crippen LogP contribution >= 0.6 is 0 Å². The number of ether oxygens (including phenoxy) is 1. The second-order valence-corrected chi connectivity index (χ2v) is 5.76. The Morgan fingerprint density at radius 3 is 2.67 bits per heavy atom. The average Bonchev–Trinajstić information content (AvgIpc) is 2.82. The monoisotopic (exact) mass is 280 g/mol. The maximum atomic E-state index is 5.75. The zero-order chi connectivity index (χ0) is 15.0. The lowest BCUT2D eigenvalue weighted by Crippen LogP contribution is -2.05. The zero-order valence-electron chi connectivity index (χ0n) is 12.9. The fourth-order valence-corrected chi connectivity index (χ4v) is 2.60. The number of hydrogen-bond acceptors (Lipinski definition) is 2. The van der Waals surface area contributed by atoms with Crippen LogP contribution in [0.15, 0.2) is 36.4 Å². The summed E-state index contributed by atoms with van der Waals surface area (Å²) in [6.07, 6.45) is 0.167. The number of H-pyrrole nitrogens is 1. The molecule has 3 heteroatoms. The Bertz CT molecular complexity index is 787. The van der Waals surface area contributed by atoms with E-state index in [0.29, 0.717) is 0 Å². The Morgan fingerprint density at radius 2 is 1.90 bits per heavy atom. The molecule has 0 saturated heterocycles. The maximum Gasteiger partial charge on any atom is 0.138 e. The molecule has 108 valence electrons. The minimum atomic E-state index is 0.167. The van der Waals surface area contributed by atoms with Crippen LogP contribution in [0.25, 0.3) is 22.4 Å². The molecule has 1 aromatic heterocycles. The lowest BCUT2D eigenvalue weighted by Gasteiger charge is -2.10. The summed E-state index contributed by atoms with van der Waals surface area (Å²) in [5, 5.41) is 0. The Kier molecular flexibility index (Phi) is 3.42. The molecule has 3 nitrogen and oxygen atoms in total. The van der Waals surface area contributed by atoms with Crippen LogP contribution in [0.2, 0.25) is 0 Å². The lowest BCUT2D eigenvalue weighted by molar-refractivity contribution is 0.242. The molecule has 2 aromatic carbocycles. The fourth-order valence-electron chi connectivity index (χ4n) is 2.60. The molecule has 0 aliphatic heterocycles. The molecule has 1 N–H and O–H groups in total. The number of hydrogen-bond donors (Lipinski definition) is 1. The Balaban J connectivity index is 2.06. The van der Waals surface area contributed by atoms with E-state index in [1.807, 2.05) is 38.1 Å². The molecular formula is C18H20N2O. The highest BCUT2D eigenvalue weighted by molar-refractivity contribution is 5.83. The molecule has 0 aliphatic carbocycles. The van der Waals surface area contributed by atoms with Gasteiger partial charge in [-0.05, 0) is 57.0 Å². The van der Waals surface area contributed by atoms with Crippen molar-refractivity contribution in [2.45, 2.75) is 33.8 Å². The molecule has 0 atom stereocenters. The summed E-state index contributed by atoms with van der Waals surface area (Å²) >= 11 is 0. The fraction of sp³-hybridized carbons (Fsp3) is 0.278. The summed E-state index contributed by atoms with van der Waals surface area (Å²) < 4.78 is 5.75. The van der Waals surface area contributed by atoms with Gasteiger partial charge in [-0.3, -0.25) is 0 Å². The number of aromatic amines is 1. The highest BCUT2D eigenvalue weighted by atomic mass is 16.5. The molecule has 0 radical (unpaired) electrons. The van der Waals surface area contributed by atoms with Crippen LogP contribution in [0.4, 0.5) is 0 Å². The van der Waals surface area contributed by atoms with Crippen molar-refractivity contribution in [1.82, 2.24) is 9.97 Å². The first-order chi connectivity index (χ1) is 10.0. The summed E-state index contributed by atoms with van der Waals surface area (Å²) in [5.74, 6) is 1.75. The number of nitrogens with one attached hydrogen (secondary N) is 1. The average molecular weight is 280 g/mol. The first-order valence-corrected chi connectivity index (χ1v) is 7.27. The molecule has 3 aromatic rings. The Morgan fingerprint density at radius 1 is 1.10 bits per heavy atom. The minimum absolute atomic E-state index is 0.167. The lowest BCUT2D eigenvalue weighted by atomic mass is 10.1. The normalized spacial score (nSPS) is 11.3. The van der Waals surface area contributed by atoms with Gasteiger partial charge in [0, 0.05) is 5.56 Å². The van der Waals surface area contributed by atoms with Crippen molar-refractivity contribution in [2.75, 3.05) is 0 Å². The molecule has 0 amide bonds. The topological polar surface area (TPSA) is 37.9 Å². The van der Waals surface area contributed by atoms with E-state index in [9.17, 15) is 0 Å². The van der Waals surface area contributed by atoms with Crippen molar-refractivity contribution in [3.05, 3.63) is 47.5 Å². The summed E-state index contributed by atoms with van der Waals surface area (Å²) in [7, 11) is 0. The SMILES string of the molecule is Cc1cc(C)c2nc(-c3cccc(OC(C)C)c3)[nH]c2c1. The summed E-state index contributed by atoms with van der Waals surface area (Å²) in [5.41, 5.74) is 5.60. The van der Waals surface area contributed by atoms with Crippen LogP contribution in [0, 0.1) is 13.8 Å². The van der Waals surface area contributed by atoms with Crippen LogP contribution in [0.5, 0.6) is 5.75 Å². The van der Waals surface area contributed by atoms with Gasteiger partial charge in [0.1, 0.15) is 11.6 Å². The molecule has 0 saturated carbocycles. The quantitative estimate of drug-likeness (QED) is 0.759. The Labute approximate surface area is 125 Å². The van der Waals surface area contributed by atoms with Crippen molar-refractivity contribution in [2.24, 2.45) is 0 Å². The van der Waals surface area contributed by atoms with E-state index in [-0.39, 0.29) is 6.10 Å². The third-order valence-corrected chi connectivity index (χ3v) is 3.40. The van der Waals surface area contributed by atoms with Crippen molar-refractivity contribution >= 4 is 11.0 Å². The van der Waals surface area contributed by atoms with E-state index in [2.05, 4.69) is 31.0 Å². The molecular weight excluding hydrogens is 260 g/mol. The predicted octanol–water partition coefficient (Wildman–Crippen LogP) is 4.63. The second kappa shape index (κ2) is 5.24. The smallest absolute Gasteiger partial charge is 0.138 e. The van der Waals surface area contributed by atoms with Gasteiger partial charge in [-0.1, -0.05) is 18.2 Å². The molecule has 0 spiro atoms. The maximum absolute atomic E-state index is 5.75. The van der Waals surface area contributed by atoms with Gasteiger partial charge in [0.05, 0.1) is 17.1 Å². The van der Waals surface area contributed by atoms with Gasteiger partial charge in [0.2, 0.25) is 0 Å². The first-order valence-electron chi connectivity index (χ1n) is 7.27. The number of aromatic nitrogens is 2. The van der Waals surface area contributed by atoms with Gasteiger partial charge in [0.15, 0.2) is 0 Å². The van der Waals surface area contributed by atoms with Gasteiger partial charge >= 0.3 is 0 Å². The summed E-state index contributed by atoms with van der Waals surface area (Å²) in [4.78, 5) is 8.14. The number of imidazole rings is 1.